The van der Waals surface area contributed by atoms with Crippen LogP contribution in [-0.2, 0) is 7.05 Å². The fourth-order valence-electron chi connectivity index (χ4n) is 4.48. The van der Waals surface area contributed by atoms with Gasteiger partial charge in [0.05, 0.1) is 4.88 Å². The summed E-state index contributed by atoms with van der Waals surface area (Å²) in [7, 11) is 1.93. The smallest absolute Gasteiger partial charge is 0.280 e. The molecule has 3 aromatic heterocycles. The van der Waals surface area contributed by atoms with Crippen molar-refractivity contribution in [2.45, 2.75) is 44.6 Å². The fraction of sp³-hybridized carbons (Fsp3) is 0.545. The van der Waals surface area contributed by atoms with E-state index < -0.39 is 0 Å². The summed E-state index contributed by atoms with van der Waals surface area (Å²) in [5.41, 5.74) is 1.71. The van der Waals surface area contributed by atoms with Crippen LogP contribution in [0.15, 0.2) is 18.3 Å². The standard InChI is InChI=1S/C22H29N7OS/c1-28-20-16(6-7-18(26-20)29-12-4-2-3-5-13-29)19(27-28)17-14-24-22(31-17)21(30)25-15-8-10-23-11-9-15/h6-7,14-15,23H,2-5,8-13H2,1H3,(H,25,30). The molecule has 0 spiro atoms. The van der Waals surface area contributed by atoms with Gasteiger partial charge in [-0.25, -0.2) is 14.6 Å². The second kappa shape index (κ2) is 8.92. The third-order valence-corrected chi connectivity index (χ3v) is 7.21. The Labute approximate surface area is 186 Å². The van der Waals surface area contributed by atoms with E-state index >= 15 is 0 Å². The molecule has 2 N–H and O–H groups in total. The fourth-order valence-corrected chi connectivity index (χ4v) is 5.30. The van der Waals surface area contributed by atoms with Crippen molar-refractivity contribution in [2.24, 2.45) is 7.05 Å². The van der Waals surface area contributed by atoms with Crippen LogP contribution < -0.4 is 15.5 Å². The lowest BCUT2D eigenvalue weighted by Gasteiger charge is -2.23. The van der Waals surface area contributed by atoms with Gasteiger partial charge in [-0.3, -0.25) is 4.79 Å². The number of nitrogens with zero attached hydrogens (tertiary/aromatic N) is 5. The minimum atomic E-state index is -0.0926. The number of piperidine rings is 1. The van der Waals surface area contributed by atoms with E-state index in [-0.39, 0.29) is 11.9 Å². The van der Waals surface area contributed by atoms with E-state index in [1.807, 2.05) is 11.7 Å². The first kappa shape index (κ1) is 20.4. The zero-order chi connectivity index (χ0) is 21.2. The minimum Gasteiger partial charge on any atom is -0.357 e. The summed E-state index contributed by atoms with van der Waals surface area (Å²) >= 11 is 1.39. The highest BCUT2D eigenvalue weighted by molar-refractivity contribution is 7.17. The topological polar surface area (TPSA) is 88.0 Å². The van der Waals surface area contributed by atoms with Crippen LogP contribution in [0.2, 0.25) is 0 Å². The van der Waals surface area contributed by atoms with Crippen molar-refractivity contribution in [3.63, 3.8) is 0 Å². The van der Waals surface area contributed by atoms with Gasteiger partial charge in [-0.15, -0.1) is 11.3 Å². The first-order valence-corrected chi connectivity index (χ1v) is 12.1. The highest BCUT2D eigenvalue weighted by Crippen LogP contribution is 2.32. The van der Waals surface area contributed by atoms with Crippen LogP contribution in [0.25, 0.3) is 21.6 Å². The Hall–Kier alpha value is -2.52. The molecule has 8 nitrogen and oxygen atoms in total. The number of aromatic nitrogens is 4. The number of carbonyl (C=O) groups is 1. The highest BCUT2D eigenvalue weighted by atomic mass is 32.1. The van der Waals surface area contributed by atoms with Crippen LogP contribution in [0.4, 0.5) is 5.82 Å². The first-order valence-electron chi connectivity index (χ1n) is 11.3. The van der Waals surface area contributed by atoms with Gasteiger partial charge in [0.25, 0.3) is 5.91 Å². The zero-order valence-corrected chi connectivity index (χ0v) is 18.7. The van der Waals surface area contributed by atoms with Crippen molar-refractivity contribution >= 4 is 34.1 Å². The Bertz CT molecular complexity index is 1060. The number of fused-ring (bicyclic) bond motifs is 1. The van der Waals surface area contributed by atoms with Crippen molar-refractivity contribution in [3.8, 4) is 10.6 Å². The molecule has 9 heteroatoms. The number of anilines is 1. The average Bonchev–Trinajstić information content (AvgIpc) is 3.30. The van der Waals surface area contributed by atoms with E-state index in [0.29, 0.717) is 5.01 Å². The second-order valence-corrected chi connectivity index (χ2v) is 9.47. The molecule has 2 fully saturated rings. The van der Waals surface area contributed by atoms with Gasteiger partial charge >= 0.3 is 0 Å². The number of rotatable bonds is 4. The maximum atomic E-state index is 12.6. The van der Waals surface area contributed by atoms with Crippen LogP contribution in [0, 0.1) is 0 Å². The third kappa shape index (κ3) is 4.29. The first-order chi connectivity index (χ1) is 15.2. The van der Waals surface area contributed by atoms with Crippen LogP contribution in [-0.4, -0.2) is 57.9 Å². The lowest BCUT2D eigenvalue weighted by molar-refractivity contribution is 0.0929. The van der Waals surface area contributed by atoms with Crippen LogP contribution in [0.3, 0.4) is 0 Å². The normalized spacial score (nSPS) is 18.3. The summed E-state index contributed by atoms with van der Waals surface area (Å²) in [6.45, 7) is 4.02. The minimum absolute atomic E-state index is 0.0926. The zero-order valence-electron chi connectivity index (χ0n) is 17.9. The van der Waals surface area contributed by atoms with E-state index in [2.05, 4.69) is 32.7 Å². The van der Waals surface area contributed by atoms with Gasteiger partial charge in [0, 0.05) is 37.8 Å². The van der Waals surface area contributed by atoms with Crippen molar-refractivity contribution in [1.29, 1.82) is 0 Å². The number of hydrogen-bond acceptors (Lipinski definition) is 7. The van der Waals surface area contributed by atoms with E-state index in [9.17, 15) is 4.79 Å². The van der Waals surface area contributed by atoms with E-state index in [0.717, 1.165) is 66.4 Å². The maximum Gasteiger partial charge on any atom is 0.280 e. The Kier molecular flexibility index (Phi) is 5.87. The number of nitrogens with one attached hydrogen (secondary N) is 2. The molecule has 0 radical (unpaired) electrons. The third-order valence-electron chi connectivity index (χ3n) is 6.21. The monoisotopic (exact) mass is 439 g/mol. The van der Waals surface area contributed by atoms with Crippen molar-refractivity contribution in [1.82, 2.24) is 30.4 Å². The van der Waals surface area contributed by atoms with Gasteiger partial charge < -0.3 is 15.5 Å². The van der Waals surface area contributed by atoms with Crippen LogP contribution >= 0.6 is 11.3 Å². The lowest BCUT2D eigenvalue weighted by atomic mass is 10.1. The molecule has 164 valence electrons. The van der Waals surface area contributed by atoms with Gasteiger partial charge in [-0.05, 0) is 50.9 Å². The van der Waals surface area contributed by atoms with Gasteiger partial charge in [0.1, 0.15) is 11.5 Å². The predicted molar refractivity (Wildman–Crippen MR) is 124 cm³/mol. The maximum absolute atomic E-state index is 12.6. The number of carbonyl (C=O) groups excluding carboxylic acids is 1. The molecule has 1 amide bonds. The SMILES string of the molecule is Cn1nc(-c2cnc(C(=O)NC3CCNCC3)s2)c2ccc(N3CCCCCC3)nc21. The molecule has 0 aliphatic carbocycles. The van der Waals surface area contributed by atoms with Gasteiger partial charge in [0.15, 0.2) is 10.7 Å². The largest absolute Gasteiger partial charge is 0.357 e. The van der Waals surface area contributed by atoms with Crippen molar-refractivity contribution in [2.75, 3.05) is 31.1 Å². The molecule has 5 heterocycles. The Morgan fingerprint density at radius 3 is 2.71 bits per heavy atom. The van der Waals surface area contributed by atoms with Gasteiger partial charge in [-0.2, -0.15) is 5.10 Å². The molecule has 31 heavy (non-hydrogen) atoms. The van der Waals surface area contributed by atoms with Crippen molar-refractivity contribution < 1.29 is 4.79 Å². The quantitative estimate of drug-likeness (QED) is 0.650. The molecular formula is C22H29N7OS. The molecule has 0 bridgehead atoms. The Morgan fingerprint density at radius 2 is 1.94 bits per heavy atom. The molecule has 5 rings (SSSR count). The Morgan fingerprint density at radius 1 is 1.16 bits per heavy atom. The van der Waals surface area contributed by atoms with Crippen LogP contribution in [0.5, 0.6) is 0 Å². The summed E-state index contributed by atoms with van der Waals surface area (Å²) in [5.74, 6) is 0.931. The summed E-state index contributed by atoms with van der Waals surface area (Å²) < 4.78 is 1.83. The predicted octanol–water partition coefficient (Wildman–Crippen LogP) is 2.95. The van der Waals surface area contributed by atoms with Crippen molar-refractivity contribution in [3.05, 3.63) is 23.3 Å². The number of aryl methyl sites for hydroxylation is 1. The Balaban J connectivity index is 1.38. The summed E-state index contributed by atoms with van der Waals surface area (Å²) in [6.07, 6.45) is 8.71. The van der Waals surface area contributed by atoms with E-state index in [1.54, 1.807) is 6.20 Å². The molecule has 0 saturated carbocycles. The molecule has 0 atom stereocenters. The molecule has 0 aromatic carbocycles. The van der Waals surface area contributed by atoms with E-state index in [4.69, 9.17) is 10.1 Å². The van der Waals surface area contributed by atoms with E-state index in [1.165, 1.54) is 37.0 Å². The summed E-state index contributed by atoms with van der Waals surface area (Å²) in [5, 5.41) is 12.6. The molecule has 2 saturated heterocycles. The van der Waals surface area contributed by atoms with Gasteiger partial charge in [-0.1, -0.05) is 12.8 Å². The summed E-state index contributed by atoms with van der Waals surface area (Å²) in [6, 6.07) is 4.43. The highest BCUT2D eigenvalue weighted by Gasteiger charge is 2.21. The van der Waals surface area contributed by atoms with Gasteiger partial charge in [0.2, 0.25) is 0 Å². The van der Waals surface area contributed by atoms with Crippen LogP contribution in [0.1, 0.15) is 48.3 Å². The molecule has 2 aliphatic heterocycles. The lowest BCUT2D eigenvalue weighted by Crippen LogP contribution is -2.42. The molecular weight excluding hydrogens is 410 g/mol. The average molecular weight is 440 g/mol. The molecule has 0 unspecified atom stereocenters. The number of amides is 1. The summed E-state index contributed by atoms with van der Waals surface area (Å²) in [4.78, 5) is 25.2. The molecule has 3 aromatic rings. The molecule has 2 aliphatic rings. The number of pyridine rings is 1. The number of hydrogen-bond donors (Lipinski definition) is 2. The second-order valence-electron chi connectivity index (χ2n) is 8.44. The number of thiazole rings is 1.